The van der Waals surface area contributed by atoms with Crippen LogP contribution in [0, 0.1) is 0 Å². The fourth-order valence-electron chi connectivity index (χ4n) is 1.75. The lowest BCUT2D eigenvalue weighted by Gasteiger charge is -2.10. The number of nitrogens with zero attached hydrogens (tertiary/aromatic N) is 2. The number of ether oxygens (including phenoxy) is 2. The van der Waals surface area contributed by atoms with Crippen LogP contribution in [0.15, 0.2) is 36.7 Å². The Labute approximate surface area is 118 Å². The van der Waals surface area contributed by atoms with Gasteiger partial charge in [0.2, 0.25) is 0 Å². The van der Waals surface area contributed by atoms with Crippen LogP contribution >= 0.6 is 0 Å². The maximum absolute atomic E-state index is 5.90. The van der Waals surface area contributed by atoms with Crippen molar-refractivity contribution in [1.82, 2.24) is 9.97 Å². The number of hydrogen-bond acceptors (Lipinski definition) is 5. The molecule has 0 aliphatic carbocycles. The van der Waals surface area contributed by atoms with E-state index in [9.17, 15) is 0 Å². The van der Waals surface area contributed by atoms with Crippen molar-refractivity contribution in [3.05, 3.63) is 42.2 Å². The van der Waals surface area contributed by atoms with Gasteiger partial charge in [0.15, 0.2) is 11.5 Å². The van der Waals surface area contributed by atoms with Gasteiger partial charge < -0.3 is 15.2 Å². The van der Waals surface area contributed by atoms with E-state index in [4.69, 9.17) is 15.2 Å². The van der Waals surface area contributed by atoms with Crippen LogP contribution in [0.2, 0.25) is 0 Å². The van der Waals surface area contributed by atoms with Gasteiger partial charge in [0.1, 0.15) is 0 Å². The predicted octanol–water partition coefficient (Wildman–Crippen LogP) is 2.56. The molecule has 0 amide bonds. The maximum Gasteiger partial charge on any atom is 0.322 e. The molecule has 2 N–H and O–H groups in total. The monoisotopic (exact) mass is 273 g/mol. The number of benzene rings is 1. The summed E-state index contributed by atoms with van der Waals surface area (Å²) in [6.45, 7) is 2.06. The fourth-order valence-corrected chi connectivity index (χ4v) is 1.75. The third kappa shape index (κ3) is 3.68. The maximum atomic E-state index is 5.90. The van der Waals surface area contributed by atoms with Crippen LogP contribution in [0.5, 0.6) is 17.5 Å². The minimum absolute atomic E-state index is 0.139. The minimum atomic E-state index is 0.139. The summed E-state index contributed by atoms with van der Waals surface area (Å²) in [6, 6.07) is 7.81. The Kier molecular flexibility index (Phi) is 4.90. The summed E-state index contributed by atoms with van der Waals surface area (Å²) in [5.74, 6) is 1.24. The van der Waals surface area contributed by atoms with E-state index in [0.29, 0.717) is 17.5 Å². The summed E-state index contributed by atoms with van der Waals surface area (Å²) in [5, 5.41) is 0. The quantitative estimate of drug-likeness (QED) is 0.875. The van der Waals surface area contributed by atoms with Crippen LogP contribution in [0.25, 0.3) is 0 Å². The first-order chi connectivity index (χ1) is 9.72. The van der Waals surface area contributed by atoms with Gasteiger partial charge in [0, 0.05) is 18.4 Å². The van der Waals surface area contributed by atoms with Crippen molar-refractivity contribution in [3.63, 3.8) is 0 Å². The first-order valence-corrected chi connectivity index (χ1v) is 6.60. The van der Waals surface area contributed by atoms with E-state index in [1.54, 1.807) is 19.5 Å². The van der Waals surface area contributed by atoms with E-state index in [0.717, 1.165) is 18.4 Å². The molecule has 1 unspecified atom stereocenters. The fraction of sp³-hybridized carbons (Fsp3) is 0.333. The summed E-state index contributed by atoms with van der Waals surface area (Å²) < 4.78 is 10.8. The van der Waals surface area contributed by atoms with Gasteiger partial charge in [0.25, 0.3) is 0 Å². The van der Waals surface area contributed by atoms with E-state index in [1.807, 2.05) is 24.3 Å². The molecule has 2 aromatic rings. The predicted molar refractivity (Wildman–Crippen MR) is 77.1 cm³/mol. The highest BCUT2D eigenvalue weighted by Crippen LogP contribution is 2.28. The molecule has 0 fully saturated rings. The number of hydrogen-bond donors (Lipinski definition) is 1. The Bertz CT molecular complexity index is 543. The van der Waals surface area contributed by atoms with Crippen molar-refractivity contribution in [2.45, 2.75) is 25.8 Å². The lowest BCUT2D eigenvalue weighted by atomic mass is 10.1. The third-order valence-corrected chi connectivity index (χ3v) is 2.97. The Morgan fingerprint density at radius 3 is 2.40 bits per heavy atom. The summed E-state index contributed by atoms with van der Waals surface area (Å²) in [4.78, 5) is 8.38. The molecule has 20 heavy (non-hydrogen) atoms. The minimum Gasteiger partial charge on any atom is -0.493 e. The highest BCUT2D eigenvalue weighted by molar-refractivity contribution is 5.40. The van der Waals surface area contributed by atoms with Gasteiger partial charge in [-0.25, -0.2) is 9.97 Å². The van der Waals surface area contributed by atoms with Gasteiger partial charge in [-0.3, -0.25) is 0 Å². The molecule has 5 heteroatoms. The van der Waals surface area contributed by atoms with Gasteiger partial charge in [-0.2, -0.15) is 0 Å². The normalized spacial score (nSPS) is 11.9. The van der Waals surface area contributed by atoms with Crippen LogP contribution in [-0.2, 0) is 6.42 Å². The van der Waals surface area contributed by atoms with Crippen LogP contribution in [0.1, 0.15) is 18.9 Å². The highest BCUT2D eigenvalue weighted by atomic mass is 16.5. The molecule has 1 atom stereocenters. The summed E-state index contributed by atoms with van der Waals surface area (Å²) in [6.07, 6.45) is 5.19. The molecule has 0 aliphatic heterocycles. The van der Waals surface area contributed by atoms with Crippen molar-refractivity contribution in [2.75, 3.05) is 7.11 Å². The topological polar surface area (TPSA) is 70.3 Å². The second-order valence-corrected chi connectivity index (χ2v) is 4.50. The van der Waals surface area contributed by atoms with E-state index in [-0.39, 0.29) is 6.04 Å². The number of aromatic nitrogens is 2. The van der Waals surface area contributed by atoms with E-state index >= 15 is 0 Å². The molecule has 2 rings (SSSR count). The van der Waals surface area contributed by atoms with Gasteiger partial charge in [0.05, 0.1) is 7.11 Å². The Balaban J connectivity index is 2.07. The lowest BCUT2D eigenvalue weighted by Crippen LogP contribution is -2.21. The standard InChI is InChI=1S/C15H19N3O2/c1-3-12(16)8-11-9-17-15(18-10-11)20-14-7-5-4-6-13(14)19-2/h4-7,9-10,12H,3,8,16H2,1-2H3. The van der Waals surface area contributed by atoms with Crippen molar-refractivity contribution < 1.29 is 9.47 Å². The molecule has 1 aromatic carbocycles. The zero-order valence-electron chi connectivity index (χ0n) is 11.7. The first-order valence-electron chi connectivity index (χ1n) is 6.60. The summed E-state index contributed by atoms with van der Waals surface area (Å²) in [5.41, 5.74) is 6.91. The third-order valence-electron chi connectivity index (χ3n) is 2.97. The molecule has 1 heterocycles. The van der Waals surface area contributed by atoms with Crippen LogP contribution in [-0.4, -0.2) is 23.1 Å². The highest BCUT2D eigenvalue weighted by Gasteiger charge is 2.07. The second-order valence-electron chi connectivity index (χ2n) is 4.50. The number of methoxy groups -OCH3 is 1. The first kappa shape index (κ1) is 14.3. The smallest absolute Gasteiger partial charge is 0.322 e. The molecule has 1 aromatic heterocycles. The number of nitrogens with two attached hydrogens (primary N) is 1. The molecule has 0 radical (unpaired) electrons. The van der Waals surface area contributed by atoms with Gasteiger partial charge in [-0.1, -0.05) is 19.1 Å². The molecule has 106 valence electrons. The molecule has 5 nitrogen and oxygen atoms in total. The molecule has 0 aliphatic rings. The summed E-state index contributed by atoms with van der Waals surface area (Å²) >= 11 is 0. The summed E-state index contributed by atoms with van der Waals surface area (Å²) in [7, 11) is 1.60. The average Bonchev–Trinajstić information content (AvgIpc) is 2.49. The Hall–Kier alpha value is -2.14. The van der Waals surface area contributed by atoms with Crippen molar-refractivity contribution in [1.29, 1.82) is 0 Å². The van der Waals surface area contributed by atoms with Gasteiger partial charge in [-0.15, -0.1) is 0 Å². The lowest BCUT2D eigenvalue weighted by molar-refractivity contribution is 0.367. The number of rotatable bonds is 6. The zero-order valence-corrected chi connectivity index (χ0v) is 11.7. The van der Waals surface area contributed by atoms with E-state index < -0.39 is 0 Å². The average molecular weight is 273 g/mol. The molecular weight excluding hydrogens is 254 g/mol. The second kappa shape index (κ2) is 6.86. The number of para-hydroxylation sites is 2. The Morgan fingerprint density at radius 1 is 1.15 bits per heavy atom. The molecule has 0 saturated carbocycles. The Morgan fingerprint density at radius 2 is 1.80 bits per heavy atom. The molecule has 0 saturated heterocycles. The van der Waals surface area contributed by atoms with Crippen LogP contribution in [0.3, 0.4) is 0 Å². The van der Waals surface area contributed by atoms with E-state index in [1.165, 1.54) is 0 Å². The van der Waals surface area contributed by atoms with Crippen molar-refractivity contribution >= 4 is 0 Å². The molecular formula is C15H19N3O2. The zero-order chi connectivity index (χ0) is 14.4. The van der Waals surface area contributed by atoms with Gasteiger partial charge >= 0.3 is 6.01 Å². The van der Waals surface area contributed by atoms with Crippen molar-refractivity contribution in [3.8, 4) is 17.5 Å². The van der Waals surface area contributed by atoms with Gasteiger partial charge in [-0.05, 0) is 30.5 Å². The van der Waals surface area contributed by atoms with E-state index in [2.05, 4.69) is 16.9 Å². The molecule has 0 bridgehead atoms. The van der Waals surface area contributed by atoms with Crippen molar-refractivity contribution in [2.24, 2.45) is 5.73 Å². The van der Waals surface area contributed by atoms with Crippen LogP contribution < -0.4 is 15.2 Å². The SMILES string of the molecule is CCC(N)Cc1cnc(Oc2ccccc2OC)nc1. The van der Waals surface area contributed by atoms with Crippen LogP contribution in [0.4, 0.5) is 0 Å². The molecule has 0 spiro atoms. The largest absolute Gasteiger partial charge is 0.493 e.